The van der Waals surface area contributed by atoms with E-state index in [9.17, 15) is 14.4 Å². The molecule has 2 aliphatic heterocycles. The first-order valence-corrected chi connectivity index (χ1v) is 8.82. The van der Waals surface area contributed by atoms with Gasteiger partial charge >= 0.3 is 12.1 Å². The van der Waals surface area contributed by atoms with Crippen LogP contribution in [-0.2, 0) is 14.3 Å². The molecule has 0 spiro atoms. The fraction of sp³-hybridized carbons (Fsp3) is 0.722. The molecule has 7 nitrogen and oxygen atoms in total. The Morgan fingerprint density at radius 1 is 1.16 bits per heavy atom. The van der Waals surface area contributed by atoms with Gasteiger partial charge in [-0.05, 0) is 52.0 Å². The molecule has 0 saturated carbocycles. The Bertz CT molecular complexity index is 546. The number of carbonyl (C=O) groups is 3. The molecule has 1 unspecified atom stereocenters. The smallest absolute Gasteiger partial charge is 0.410 e. The molecule has 0 aromatic rings. The maximum Gasteiger partial charge on any atom is 0.410 e. The van der Waals surface area contributed by atoms with Crippen molar-refractivity contribution < 1.29 is 24.2 Å². The molecule has 0 aliphatic carbocycles. The predicted octanol–water partition coefficient (Wildman–Crippen LogP) is 2.12. The molecule has 1 N–H and O–H groups in total. The Hall–Kier alpha value is -2.05. The Balaban J connectivity index is 1.69. The van der Waals surface area contributed by atoms with Crippen molar-refractivity contribution in [1.29, 1.82) is 0 Å². The number of carboxylic acid groups (broad SMARTS) is 1. The van der Waals surface area contributed by atoms with Gasteiger partial charge in [-0.3, -0.25) is 9.59 Å². The van der Waals surface area contributed by atoms with E-state index in [0.29, 0.717) is 32.0 Å². The number of carbonyl (C=O) groups excluding carboxylic acids is 2. The van der Waals surface area contributed by atoms with E-state index >= 15 is 0 Å². The number of amides is 2. The number of rotatable bonds is 4. The summed E-state index contributed by atoms with van der Waals surface area (Å²) in [6.45, 7) is 7.69. The highest BCUT2D eigenvalue weighted by Crippen LogP contribution is 2.22. The average molecular weight is 352 g/mol. The topological polar surface area (TPSA) is 87.2 Å². The predicted molar refractivity (Wildman–Crippen MR) is 92.0 cm³/mol. The van der Waals surface area contributed by atoms with Crippen molar-refractivity contribution in [3.63, 3.8) is 0 Å². The Kier molecular flexibility index (Phi) is 6.08. The number of likely N-dealkylation sites (tertiary alicyclic amines) is 2. The zero-order valence-corrected chi connectivity index (χ0v) is 15.2. The molecule has 7 heteroatoms. The van der Waals surface area contributed by atoms with Crippen molar-refractivity contribution in [2.45, 2.75) is 45.6 Å². The molecule has 2 aliphatic rings. The third-order valence-electron chi connectivity index (χ3n) is 4.42. The largest absolute Gasteiger partial charge is 0.481 e. The number of hydrogen-bond acceptors (Lipinski definition) is 4. The van der Waals surface area contributed by atoms with E-state index in [1.165, 1.54) is 6.08 Å². The minimum atomic E-state index is -0.835. The van der Waals surface area contributed by atoms with Crippen molar-refractivity contribution >= 4 is 18.0 Å². The third-order valence-corrected chi connectivity index (χ3v) is 4.42. The third kappa shape index (κ3) is 5.76. The molecule has 2 fully saturated rings. The molecule has 1 atom stereocenters. The zero-order valence-electron chi connectivity index (χ0n) is 15.2. The van der Waals surface area contributed by atoms with Crippen LogP contribution in [0.5, 0.6) is 0 Å². The number of piperidine rings is 1. The molecule has 2 heterocycles. The molecule has 25 heavy (non-hydrogen) atoms. The minimum absolute atomic E-state index is 0.130. The lowest BCUT2D eigenvalue weighted by Gasteiger charge is -2.39. The summed E-state index contributed by atoms with van der Waals surface area (Å²) in [5.41, 5.74) is -0.489. The highest BCUT2D eigenvalue weighted by Gasteiger charge is 2.33. The summed E-state index contributed by atoms with van der Waals surface area (Å²) in [5.74, 6) is -1.09. The molecule has 2 saturated heterocycles. The monoisotopic (exact) mass is 352 g/mol. The SMILES string of the molecule is CC(C)(C)OC(=O)N1CC(CC=CC(=O)N2CCCC(C(=O)O)C2)C1. The van der Waals surface area contributed by atoms with Gasteiger partial charge in [0.15, 0.2) is 0 Å². The Morgan fingerprint density at radius 3 is 2.44 bits per heavy atom. The highest BCUT2D eigenvalue weighted by atomic mass is 16.6. The second-order valence-corrected chi connectivity index (χ2v) is 7.85. The molecule has 2 rings (SSSR count). The summed E-state index contributed by atoms with van der Waals surface area (Å²) in [6, 6.07) is 0. The van der Waals surface area contributed by atoms with Crippen LogP contribution in [0.2, 0.25) is 0 Å². The van der Waals surface area contributed by atoms with Crippen LogP contribution in [0.15, 0.2) is 12.2 Å². The highest BCUT2D eigenvalue weighted by molar-refractivity contribution is 5.88. The van der Waals surface area contributed by atoms with Crippen LogP contribution in [0.4, 0.5) is 4.79 Å². The molecule has 0 aromatic heterocycles. The molecule has 140 valence electrons. The van der Waals surface area contributed by atoms with Crippen LogP contribution in [0.25, 0.3) is 0 Å². The summed E-state index contributed by atoms with van der Waals surface area (Å²) in [4.78, 5) is 38.3. The molecule has 0 bridgehead atoms. The molecule has 0 radical (unpaired) electrons. The molecule has 2 amide bonds. The van der Waals surface area contributed by atoms with Gasteiger partial charge in [0, 0.05) is 26.2 Å². The fourth-order valence-electron chi connectivity index (χ4n) is 3.04. The number of hydrogen-bond donors (Lipinski definition) is 1. The molecular weight excluding hydrogens is 324 g/mol. The fourth-order valence-corrected chi connectivity index (χ4v) is 3.04. The first kappa shape index (κ1) is 19.3. The van der Waals surface area contributed by atoms with Crippen LogP contribution >= 0.6 is 0 Å². The van der Waals surface area contributed by atoms with E-state index in [-0.39, 0.29) is 18.5 Å². The first-order valence-electron chi connectivity index (χ1n) is 8.82. The number of carboxylic acids is 1. The quantitative estimate of drug-likeness (QED) is 0.783. The Morgan fingerprint density at radius 2 is 1.84 bits per heavy atom. The van der Waals surface area contributed by atoms with Gasteiger partial charge in [0.25, 0.3) is 0 Å². The van der Waals surface area contributed by atoms with Crippen LogP contribution in [0, 0.1) is 11.8 Å². The van der Waals surface area contributed by atoms with Gasteiger partial charge in [0.05, 0.1) is 5.92 Å². The van der Waals surface area contributed by atoms with E-state index in [1.807, 2.05) is 26.8 Å². The van der Waals surface area contributed by atoms with Crippen LogP contribution in [-0.4, -0.2) is 64.7 Å². The standard InChI is InChI=1S/C18H28N2O5/c1-18(2,3)25-17(24)20-10-13(11-20)6-4-8-15(21)19-9-5-7-14(12-19)16(22)23/h4,8,13-14H,5-7,9-12H2,1-3H3,(H,22,23). The number of aliphatic carboxylic acids is 1. The van der Waals surface area contributed by atoms with Gasteiger partial charge in [0.1, 0.15) is 5.60 Å². The van der Waals surface area contributed by atoms with Gasteiger partial charge < -0.3 is 19.6 Å². The van der Waals surface area contributed by atoms with Gasteiger partial charge in [-0.2, -0.15) is 0 Å². The van der Waals surface area contributed by atoms with E-state index in [2.05, 4.69) is 0 Å². The van der Waals surface area contributed by atoms with Crippen molar-refractivity contribution in [3.8, 4) is 0 Å². The van der Waals surface area contributed by atoms with Gasteiger partial charge in [0.2, 0.25) is 5.91 Å². The van der Waals surface area contributed by atoms with Crippen molar-refractivity contribution in [2.24, 2.45) is 11.8 Å². The number of ether oxygens (including phenoxy) is 1. The van der Waals surface area contributed by atoms with E-state index in [1.54, 1.807) is 9.80 Å². The second-order valence-electron chi connectivity index (χ2n) is 7.85. The molecular formula is C18H28N2O5. The number of nitrogens with zero attached hydrogens (tertiary/aromatic N) is 2. The minimum Gasteiger partial charge on any atom is -0.481 e. The summed E-state index contributed by atoms with van der Waals surface area (Å²) < 4.78 is 5.30. The normalized spacial score (nSPS) is 22.0. The summed E-state index contributed by atoms with van der Waals surface area (Å²) >= 11 is 0. The lowest BCUT2D eigenvalue weighted by Crippen LogP contribution is -2.51. The average Bonchev–Trinajstić information content (AvgIpc) is 2.47. The second kappa shape index (κ2) is 7.89. The van der Waals surface area contributed by atoms with Crippen molar-refractivity contribution in [3.05, 3.63) is 12.2 Å². The lowest BCUT2D eigenvalue weighted by molar-refractivity contribution is -0.144. The van der Waals surface area contributed by atoms with Crippen molar-refractivity contribution in [1.82, 2.24) is 9.80 Å². The van der Waals surface area contributed by atoms with Gasteiger partial charge in [-0.1, -0.05) is 6.08 Å². The van der Waals surface area contributed by atoms with E-state index < -0.39 is 17.5 Å². The summed E-state index contributed by atoms with van der Waals surface area (Å²) in [7, 11) is 0. The van der Waals surface area contributed by atoms with Crippen molar-refractivity contribution in [2.75, 3.05) is 26.2 Å². The zero-order chi connectivity index (χ0) is 18.6. The first-order chi connectivity index (χ1) is 11.7. The lowest BCUT2D eigenvalue weighted by atomic mass is 9.96. The van der Waals surface area contributed by atoms with Gasteiger partial charge in [-0.25, -0.2) is 4.79 Å². The number of allylic oxidation sites excluding steroid dienone is 1. The van der Waals surface area contributed by atoms with Crippen LogP contribution in [0.3, 0.4) is 0 Å². The van der Waals surface area contributed by atoms with Gasteiger partial charge in [-0.15, -0.1) is 0 Å². The van der Waals surface area contributed by atoms with Crippen LogP contribution in [0.1, 0.15) is 40.0 Å². The summed E-state index contributed by atoms with van der Waals surface area (Å²) in [6.07, 6.45) is 5.14. The maximum atomic E-state index is 12.1. The molecule has 0 aromatic carbocycles. The maximum absolute atomic E-state index is 12.1. The van der Waals surface area contributed by atoms with Crippen LogP contribution < -0.4 is 0 Å². The summed E-state index contributed by atoms with van der Waals surface area (Å²) in [5, 5.41) is 9.07. The van der Waals surface area contributed by atoms with E-state index in [0.717, 1.165) is 12.8 Å². The Labute approximate surface area is 148 Å². The van der Waals surface area contributed by atoms with E-state index in [4.69, 9.17) is 9.84 Å².